The summed E-state index contributed by atoms with van der Waals surface area (Å²) in [6, 6.07) is 0. The van der Waals surface area contributed by atoms with Crippen LogP contribution >= 0.6 is 15.9 Å². The van der Waals surface area contributed by atoms with Gasteiger partial charge in [-0.3, -0.25) is 9.59 Å². The third-order valence-corrected chi connectivity index (χ3v) is 10.4. The van der Waals surface area contributed by atoms with Gasteiger partial charge >= 0.3 is 5.97 Å². The van der Waals surface area contributed by atoms with Gasteiger partial charge in [0.15, 0.2) is 0 Å². The van der Waals surface area contributed by atoms with Crippen molar-refractivity contribution in [3.8, 4) is 0 Å². The summed E-state index contributed by atoms with van der Waals surface area (Å²) in [7, 11) is 0. The molecule has 4 heteroatoms. The minimum absolute atomic E-state index is 0.0476. The molecule has 4 rings (SSSR count). The van der Waals surface area contributed by atoms with E-state index in [1.54, 1.807) is 0 Å². The van der Waals surface area contributed by atoms with E-state index in [4.69, 9.17) is 4.74 Å². The Bertz CT molecular complexity index is 677. The van der Waals surface area contributed by atoms with Crippen molar-refractivity contribution in [3.05, 3.63) is 0 Å². The van der Waals surface area contributed by atoms with Gasteiger partial charge in [0, 0.05) is 17.2 Å². The Hall–Kier alpha value is -0.380. The summed E-state index contributed by atoms with van der Waals surface area (Å²) < 4.78 is 5.85. The van der Waals surface area contributed by atoms with E-state index in [0.29, 0.717) is 24.2 Å². The Kier molecular flexibility index (Phi) is 5.75. The molecule has 164 valence electrons. The molecule has 29 heavy (non-hydrogen) atoms. The summed E-state index contributed by atoms with van der Waals surface area (Å²) in [5.41, 5.74) is -0.0293. The predicted molar refractivity (Wildman–Crippen MR) is 119 cm³/mol. The van der Waals surface area contributed by atoms with Gasteiger partial charge in [-0.05, 0) is 93.8 Å². The first-order valence-corrected chi connectivity index (χ1v) is 13.1. The number of ketones is 1. The van der Waals surface area contributed by atoms with E-state index in [2.05, 4.69) is 36.7 Å². The van der Waals surface area contributed by atoms with Gasteiger partial charge in [-0.15, -0.1) is 0 Å². The molecule has 1 spiro atoms. The van der Waals surface area contributed by atoms with Gasteiger partial charge in [-0.1, -0.05) is 36.2 Å². The molecule has 4 saturated carbocycles. The average Bonchev–Trinajstić information content (AvgIpc) is 2.85. The van der Waals surface area contributed by atoms with Crippen LogP contribution in [0, 0.1) is 33.5 Å². The Morgan fingerprint density at radius 1 is 1.03 bits per heavy atom. The van der Waals surface area contributed by atoms with Crippen LogP contribution in [0.15, 0.2) is 0 Å². The number of ether oxygens (including phenoxy) is 1. The minimum Gasteiger partial charge on any atom is -0.465 e. The molecular weight excluding hydrogens is 428 g/mol. The highest BCUT2D eigenvalue weighted by Crippen LogP contribution is 2.73. The standard InChI is InChI=1S/C25H39BrO3/c1-22-12-8-19-23(2)10-7-11-24(3,21(28)29-15-6-4-5-14-26)18(23)9-13-25(19,17-22)16-20(22)27/h18-19H,4-17H2,1-3H3/t18-,19-,22-,23+,24+,25-/m0/s1. The van der Waals surface area contributed by atoms with Gasteiger partial charge in [0.05, 0.1) is 12.0 Å². The van der Waals surface area contributed by atoms with Crippen LogP contribution in [-0.4, -0.2) is 23.7 Å². The molecule has 0 N–H and O–H groups in total. The maximum atomic E-state index is 13.3. The topological polar surface area (TPSA) is 43.4 Å². The summed E-state index contributed by atoms with van der Waals surface area (Å²) in [5, 5.41) is 1.02. The van der Waals surface area contributed by atoms with E-state index in [9.17, 15) is 9.59 Å². The fourth-order valence-electron chi connectivity index (χ4n) is 8.45. The molecule has 0 saturated heterocycles. The molecule has 0 amide bonds. The first-order chi connectivity index (χ1) is 13.7. The monoisotopic (exact) mass is 466 g/mol. The largest absolute Gasteiger partial charge is 0.465 e. The molecular formula is C25H39BrO3. The molecule has 3 nitrogen and oxygen atoms in total. The van der Waals surface area contributed by atoms with Crippen molar-refractivity contribution in [2.75, 3.05) is 11.9 Å². The van der Waals surface area contributed by atoms with Crippen molar-refractivity contribution in [2.45, 2.75) is 97.8 Å². The van der Waals surface area contributed by atoms with E-state index in [-0.39, 0.29) is 27.6 Å². The molecule has 0 heterocycles. The van der Waals surface area contributed by atoms with Gasteiger partial charge in [0.1, 0.15) is 5.78 Å². The van der Waals surface area contributed by atoms with Gasteiger partial charge in [0.2, 0.25) is 0 Å². The Labute approximate surface area is 185 Å². The van der Waals surface area contributed by atoms with Crippen molar-refractivity contribution in [1.82, 2.24) is 0 Å². The minimum atomic E-state index is -0.354. The molecule has 0 aromatic carbocycles. The van der Waals surface area contributed by atoms with Crippen molar-refractivity contribution in [3.63, 3.8) is 0 Å². The van der Waals surface area contributed by atoms with E-state index in [0.717, 1.165) is 69.5 Å². The maximum Gasteiger partial charge on any atom is 0.312 e. The molecule has 0 aromatic rings. The number of Topliss-reactive ketones (excluding diaryl/α,β-unsaturated/α-hetero) is 1. The summed E-state index contributed by atoms with van der Waals surface area (Å²) in [6.45, 7) is 7.44. The summed E-state index contributed by atoms with van der Waals surface area (Å²) in [5.74, 6) is 1.56. The Morgan fingerprint density at radius 2 is 1.79 bits per heavy atom. The lowest BCUT2D eigenvalue weighted by atomic mass is 9.40. The smallest absolute Gasteiger partial charge is 0.312 e. The molecule has 2 bridgehead atoms. The van der Waals surface area contributed by atoms with Crippen molar-refractivity contribution < 1.29 is 14.3 Å². The number of halogens is 1. The molecule has 0 unspecified atom stereocenters. The zero-order valence-electron chi connectivity index (χ0n) is 18.7. The zero-order chi connectivity index (χ0) is 20.9. The number of esters is 1. The second-order valence-electron chi connectivity index (χ2n) is 11.5. The number of hydrogen-bond acceptors (Lipinski definition) is 3. The highest BCUT2D eigenvalue weighted by Gasteiger charge is 2.68. The van der Waals surface area contributed by atoms with Crippen molar-refractivity contribution in [2.24, 2.45) is 33.5 Å². The molecule has 0 radical (unpaired) electrons. The fraction of sp³-hybridized carbons (Fsp3) is 0.920. The van der Waals surface area contributed by atoms with Crippen LogP contribution in [0.5, 0.6) is 0 Å². The molecule has 4 aliphatic rings. The van der Waals surface area contributed by atoms with Crippen LogP contribution in [0.3, 0.4) is 0 Å². The summed E-state index contributed by atoms with van der Waals surface area (Å²) in [4.78, 5) is 26.1. The van der Waals surface area contributed by atoms with Crippen molar-refractivity contribution in [1.29, 1.82) is 0 Å². The lowest BCUT2D eigenvalue weighted by Crippen LogP contribution is -2.58. The molecule has 4 aliphatic carbocycles. The second-order valence-corrected chi connectivity index (χ2v) is 12.3. The number of fused-ring (bicyclic) bond motifs is 3. The number of carbonyl (C=O) groups excluding carboxylic acids is 2. The number of hydrogen-bond donors (Lipinski definition) is 0. The lowest BCUT2D eigenvalue weighted by Gasteiger charge is -2.63. The molecule has 0 aromatic heterocycles. The summed E-state index contributed by atoms with van der Waals surface area (Å²) in [6.07, 6.45) is 12.8. The SMILES string of the molecule is C[C@@]12CC[C@@H]3[C@@](CC[C@H]4[C@@]3(C)CCC[C@@]4(C)C(=O)OCCCCCBr)(CC1=O)C2. The van der Waals surface area contributed by atoms with Gasteiger partial charge < -0.3 is 4.74 Å². The van der Waals surface area contributed by atoms with E-state index >= 15 is 0 Å². The first kappa shape index (κ1) is 21.8. The second kappa shape index (κ2) is 7.64. The summed E-state index contributed by atoms with van der Waals surface area (Å²) >= 11 is 3.46. The lowest BCUT2D eigenvalue weighted by molar-refractivity contribution is -0.188. The van der Waals surface area contributed by atoms with Gasteiger partial charge in [0.25, 0.3) is 0 Å². The molecule has 4 fully saturated rings. The van der Waals surface area contributed by atoms with Gasteiger partial charge in [-0.25, -0.2) is 0 Å². The first-order valence-electron chi connectivity index (χ1n) is 12.0. The molecule has 6 atom stereocenters. The number of carbonyl (C=O) groups is 2. The number of rotatable bonds is 6. The van der Waals surface area contributed by atoms with Crippen LogP contribution in [-0.2, 0) is 14.3 Å². The highest BCUT2D eigenvalue weighted by atomic mass is 79.9. The normalized spacial score (nSPS) is 46.1. The Balaban J connectivity index is 1.52. The Morgan fingerprint density at radius 3 is 2.55 bits per heavy atom. The van der Waals surface area contributed by atoms with E-state index < -0.39 is 0 Å². The quantitative estimate of drug-likeness (QED) is 0.256. The van der Waals surface area contributed by atoms with Crippen LogP contribution in [0.2, 0.25) is 0 Å². The predicted octanol–water partition coefficient (Wildman–Crippen LogP) is 6.47. The number of alkyl halides is 1. The van der Waals surface area contributed by atoms with Crippen LogP contribution in [0.4, 0.5) is 0 Å². The highest BCUT2D eigenvalue weighted by molar-refractivity contribution is 9.09. The number of unbranched alkanes of at least 4 members (excludes halogenated alkanes) is 2. The van der Waals surface area contributed by atoms with E-state index in [1.807, 2.05) is 0 Å². The van der Waals surface area contributed by atoms with Gasteiger partial charge in [-0.2, -0.15) is 0 Å². The third-order valence-electron chi connectivity index (χ3n) is 9.83. The van der Waals surface area contributed by atoms with Crippen LogP contribution < -0.4 is 0 Å². The van der Waals surface area contributed by atoms with E-state index in [1.165, 1.54) is 12.8 Å². The third kappa shape index (κ3) is 3.34. The van der Waals surface area contributed by atoms with Crippen LogP contribution in [0.25, 0.3) is 0 Å². The van der Waals surface area contributed by atoms with Crippen LogP contribution in [0.1, 0.15) is 97.8 Å². The molecule has 0 aliphatic heterocycles. The zero-order valence-corrected chi connectivity index (χ0v) is 20.2. The fourth-order valence-corrected chi connectivity index (χ4v) is 8.85. The average molecular weight is 467 g/mol. The van der Waals surface area contributed by atoms with Crippen molar-refractivity contribution >= 4 is 27.7 Å². The maximum absolute atomic E-state index is 13.3.